The Balaban J connectivity index is 1.70. The first-order valence-electron chi connectivity index (χ1n) is 7.08. The van der Waals surface area contributed by atoms with Crippen molar-refractivity contribution >= 4 is 5.91 Å². The van der Waals surface area contributed by atoms with Gasteiger partial charge in [0.2, 0.25) is 5.91 Å². The first-order chi connectivity index (χ1) is 10.8. The van der Waals surface area contributed by atoms with Crippen LogP contribution in [-0.4, -0.2) is 59.5 Å². The van der Waals surface area contributed by atoms with Crippen LogP contribution < -0.4 is 10.6 Å². The summed E-state index contributed by atoms with van der Waals surface area (Å²) in [5, 5.41) is 17.0. The smallest absolute Gasteiger partial charge is 0.224 e. The second-order valence-corrected chi connectivity index (χ2v) is 4.69. The zero-order valence-electron chi connectivity index (χ0n) is 12.5. The molecule has 2 rings (SSSR count). The molecular weight excluding hydrogens is 284 g/mol. The lowest BCUT2D eigenvalue weighted by Crippen LogP contribution is -2.33. The molecule has 0 fully saturated rings. The number of methoxy groups -OCH3 is 1. The van der Waals surface area contributed by atoms with Gasteiger partial charge in [-0.05, 0) is 28.1 Å². The molecule has 0 aliphatic heterocycles. The molecule has 1 amide bonds. The number of benzene rings is 1. The zero-order chi connectivity index (χ0) is 15.6. The molecule has 0 atom stereocenters. The van der Waals surface area contributed by atoms with Gasteiger partial charge in [-0.2, -0.15) is 0 Å². The minimum atomic E-state index is 0.00344. The number of hydrogen-bond acceptors (Lipinski definition) is 6. The number of rotatable bonds is 9. The summed E-state index contributed by atoms with van der Waals surface area (Å²) in [6, 6.07) is 7.55. The summed E-state index contributed by atoms with van der Waals surface area (Å²) in [6.45, 7) is 2.78. The predicted molar refractivity (Wildman–Crippen MR) is 80.6 cm³/mol. The average Bonchev–Trinajstić information content (AvgIpc) is 3.06. The number of aromatic nitrogens is 4. The molecule has 22 heavy (non-hydrogen) atoms. The molecule has 0 radical (unpaired) electrons. The molecule has 0 aliphatic rings. The monoisotopic (exact) mass is 304 g/mol. The van der Waals surface area contributed by atoms with Crippen LogP contribution in [-0.2, 0) is 16.0 Å². The lowest BCUT2D eigenvalue weighted by molar-refractivity contribution is -0.120. The van der Waals surface area contributed by atoms with Gasteiger partial charge in [0.05, 0.1) is 18.7 Å². The molecule has 1 aromatic heterocycles. The summed E-state index contributed by atoms with van der Waals surface area (Å²) in [5.74, 6) is 0.00344. The van der Waals surface area contributed by atoms with Crippen LogP contribution in [0.15, 0.2) is 30.6 Å². The normalized spacial score (nSPS) is 10.6. The molecule has 118 valence electrons. The van der Waals surface area contributed by atoms with E-state index in [2.05, 4.69) is 26.2 Å². The van der Waals surface area contributed by atoms with Crippen LogP contribution in [0.4, 0.5) is 0 Å². The van der Waals surface area contributed by atoms with Crippen molar-refractivity contribution in [1.29, 1.82) is 0 Å². The summed E-state index contributed by atoms with van der Waals surface area (Å²) in [6.07, 6.45) is 1.88. The summed E-state index contributed by atoms with van der Waals surface area (Å²) >= 11 is 0. The Bertz CT molecular complexity index is 555. The van der Waals surface area contributed by atoms with E-state index in [1.807, 2.05) is 24.3 Å². The third-order valence-electron chi connectivity index (χ3n) is 3.02. The summed E-state index contributed by atoms with van der Waals surface area (Å²) in [4.78, 5) is 11.8. The van der Waals surface area contributed by atoms with Gasteiger partial charge in [-0.15, -0.1) is 5.10 Å². The van der Waals surface area contributed by atoms with E-state index in [0.717, 1.165) is 24.3 Å². The number of carbonyl (C=O) groups excluding carboxylic acids is 1. The predicted octanol–water partition coefficient (Wildman–Crippen LogP) is -0.443. The Morgan fingerprint density at radius 1 is 1.23 bits per heavy atom. The number of nitrogens with one attached hydrogen (secondary N) is 2. The highest BCUT2D eigenvalue weighted by Gasteiger charge is 2.04. The summed E-state index contributed by atoms with van der Waals surface area (Å²) in [7, 11) is 1.66. The van der Waals surface area contributed by atoms with E-state index in [0.29, 0.717) is 19.6 Å². The highest BCUT2D eigenvalue weighted by atomic mass is 16.5. The van der Waals surface area contributed by atoms with Crippen LogP contribution in [0.2, 0.25) is 0 Å². The van der Waals surface area contributed by atoms with Crippen molar-refractivity contribution in [2.75, 3.05) is 33.4 Å². The van der Waals surface area contributed by atoms with Gasteiger partial charge in [0.25, 0.3) is 0 Å². The Labute approximate surface area is 128 Å². The molecule has 0 saturated carbocycles. The quantitative estimate of drug-likeness (QED) is 0.610. The average molecular weight is 304 g/mol. The topological polar surface area (TPSA) is 94.0 Å². The first-order valence-corrected chi connectivity index (χ1v) is 7.08. The van der Waals surface area contributed by atoms with E-state index < -0.39 is 0 Å². The number of nitrogens with zero attached hydrogens (tertiary/aromatic N) is 4. The highest BCUT2D eigenvalue weighted by molar-refractivity contribution is 5.78. The van der Waals surface area contributed by atoms with Gasteiger partial charge < -0.3 is 15.4 Å². The second-order valence-electron chi connectivity index (χ2n) is 4.69. The van der Waals surface area contributed by atoms with Gasteiger partial charge in [-0.25, -0.2) is 4.68 Å². The van der Waals surface area contributed by atoms with Crippen molar-refractivity contribution < 1.29 is 9.53 Å². The first kappa shape index (κ1) is 16.1. The summed E-state index contributed by atoms with van der Waals surface area (Å²) in [5.41, 5.74) is 1.80. The van der Waals surface area contributed by atoms with E-state index in [-0.39, 0.29) is 5.91 Å². The SMILES string of the molecule is COCCNCCNC(=O)Cc1ccc(-n2cnnn2)cc1. The Morgan fingerprint density at radius 3 is 2.73 bits per heavy atom. The van der Waals surface area contributed by atoms with E-state index in [1.54, 1.807) is 11.8 Å². The van der Waals surface area contributed by atoms with Crippen molar-refractivity contribution in [3.8, 4) is 5.69 Å². The molecular formula is C14H20N6O2. The minimum absolute atomic E-state index is 0.00344. The fourth-order valence-corrected chi connectivity index (χ4v) is 1.88. The van der Waals surface area contributed by atoms with Crippen LogP contribution in [0.3, 0.4) is 0 Å². The molecule has 0 bridgehead atoms. The van der Waals surface area contributed by atoms with E-state index in [4.69, 9.17) is 4.74 Å². The van der Waals surface area contributed by atoms with Crippen molar-refractivity contribution in [2.24, 2.45) is 0 Å². The van der Waals surface area contributed by atoms with Crippen molar-refractivity contribution in [2.45, 2.75) is 6.42 Å². The molecule has 8 heteroatoms. The lowest BCUT2D eigenvalue weighted by atomic mass is 10.1. The van der Waals surface area contributed by atoms with Crippen molar-refractivity contribution in [3.05, 3.63) is 36.2 Å². The lowest BCUT2D eigenvalue weighted by Gasteiger charge is -2.07. The van der Waals surface area contributed by atoms with Crippen LogP contribution in [0.1, 0.15) is 5.56 Å². The van der Waals surface area contributed by atoms with Gasteiger partial charge in [-0.3, -0.25) is 4.79 Å². The fourth-order valence-electron chi connectivity index (χ4n) is 1.88. The molecule has 8 nitrogen and oxygen atoms in total. The van der Waals surface area contributed by atoms with Crippen molar-refractivity contribution in [1.82, 2.24) is 30.8 Å². The number of tetrazole rings is 1. The number of carbonyl (C=O) groups is 1. The number of hydrogen-bond donors (Lipinski definition) is 2. The molecule has 2 aromatic rings. The number of amides is 1. The third kappa shape index (κ3) is 5.23. The molecule has 0 spiro atoms. The Hall–Kier alpha value is -2.32. The third-order valence-corrected chi connectivity index (χ3v) is 3.02. The highest BCUT2D eigenvalue weighted by Crippen LogP contribution is 2.08. The Morgan fingerprint density at radius 2 is 2.05 bits per heavy atom. The fraction of sp³-hybridized carbons (Fsp3) is 0.429. The standard InChI is InChI=1S/C14H20N6O2/c1-22-9-8-15-6-7-16-14(21)10-12-2-4-13(5-3-12)20-11-17-18-19-20/h2-5,11,15H,6-10H2,1H3,(H,16,21). The maximum absolute atomic E-state index is 11.8. The molecule has 0 saturated heterocycles. The van der Waals surface area contributed by atoms with Gasteiger partial charge in [0, 0.05) is 26.7 Å². The molecule has 1 aromatic carbocycles. The zero-order valence-corrected chi connectivity index (χ0v) is 12.5. The number of ether oxygens (including phenoxy) is 1. The molecule has 0 aliphatic carbocycles. The van der Waals surface area contributed by atoms with Gasteiger partial charge in [-0.1, -0.05) is 12.1 Å². The van der Waals surface area contributed by atoms with Gasteiger partial charge in [0.1, 0.15) is 6.33 Å². The van der Waals surface area contributed by atoms with Crippen LogP contribution >= 0.6 is 0 Å². The largest absolute Gasteiger partial charge is 0.383 e. The Kier molecular flexibility index (Phi) is 6.46. The van der Waals surface area contributed by atoms with Crippen molar-refractivity contribution in [3.63, 3.8) is 0 Å². The van der Waals surface area contributed by atoms with Gasteiger partial charge >= 0.3 is 0 Å². The molecule has 1 heterocycles. The molecule has 0 unspecified atom stereocenters. The molecule has 2 N–H and O–H groups in total. The van der Waals surface area contributed by atoms with Crippen LogP contribution in [0.25, 0.3) is 5.69 Å². The second kappa shape index (κ2) is 8.85. The van der Waals surface area contributed by atoms with E-state index in [9.17, 15) is 4.79 Å². The maximum atomic E-state index is 11.8. The van der Waals surface area contributed by atoms with Gasteiger partial charge in [0.15, 0.2) is 0 Å². The van der Waals surface area contributed by atoms with E-state index >= 15 is 0 Å². The maximum Gasteiger partial charge on any atom is 0.224 e. The van der Waals surface area contributed by atoms with Crippen LogP contribution in [0.5, 0.6) is 0 Å². The van der Waals surface area contributed by atoms with E-state index in [1.165, 1.54) is 6.33 Å². The summed E-state index contributed by atoms with van der Waals surface area (Å²) < 4.78 is 6.49. The van der Waals surface area contributed by atoms with Crippen LogP contribution in [0, 0.1) is 0 Å². The minimum Gasteiger partial charge on any atom is -0.383 e.